The number of nitrogen functional groups attached to an aromatic ring is 1. The lowest BCUT2D eigenvalue weighted by molar-refractivity contribution is 0.523. The number of nitrogens with zero attached hydrogens (tertiary/aromatic N) is 2. The topological polar surface area (TPSA) is 43.8 Å². The lowest BCUT2D eigenvalue weighted by atomic mass is 9.96. The van der Waals surface area contributed by atoms with Crippen molar-refractivity contribution in [2.24, 2.45) is 7.05 Å². The van der Waals surface area contributed by atoms with E-state index in [1.807, 2.05) is 23.4 Å². The molecule has 0 aliphatic rings. The van der Waals surface area contributed by atoms with E-state index >= 15 is 0 Å². The summed E-state index contributed by atoms with van der Waals surface area (Å²) < 4.78 is 2.02. The Morgan fingerprint density at radius 1 is 1.38 bits per heavy atom. The molecule has 1 rings (SSSR count). The molecule has 1 aromatic heterocycles. The van der Waals surface area contributed by atoms with Gasteiger partial charge in [0.15, 0.2) is 0 Å². The van der Waals surface area contributed by atoms with Gasteiger partial charge in [-0.2, -0.15) is 11.8 Å². The Kier molecular flexibility index (Phi) is 4.30. The van der Waals surface area contributed by atoms with Crippen LogP contribution in [0.5, 0.6) is 0 Å². The van der Waals surface area contributed by atoms with Crippen LogP contribution in [0.4, 0.5) is 5.82 Å². The fourth-order valence-corrected chi connectivity index (χ4v) is 2.24. The van der Waals surface area contributed by atoms with Crippen molar-refractivity contribution in [1.29, 1.82) is 0 Å². The zero-order chi connectivity index (χ0) is 12.3. The summed E-state index contributed by atoms with van der Waals surface area (Å²) in [7, 11) is 2.00. The van der Waals surface area contributed by atoms with Gasteiger partial charge in [0.05, 0.1) is 5.69 Å². The summed E-state index contributed by atoms with van der Waals surface area (Å²) in [5, 5.41) is 0. The molecule has 0 saturated carbocycles. The van der Waals surface area contributed by atoms with Gasteiger partial charge in [-0.3, -0.25) is 0 Å². The minimum Gasteiger partial charge on any atom is -0.384 e. The lowest BCUT2D eigenvalue weighted by Gasteiger charge is -2.17. The predicted octanol–water partition coefficient (Wildman–Crippen LogP) is 2.60. The monoisotopic (exact) mass is 241 g/mol. The molecular weight excluding hydrogens is 218 g/mol. The van der Waals surface area contributed by atoms with E-state index in [-0.39, 0.29) is 5.41 Å². The van der Waals surface area contributed by atoms with Crippen LogP contribution in [0.2, 0.25) is 0 Å². The summed E-state index contributed by atoms with van der Waals surface area (Å²) in [6.07, 6.45) is 4.25. The molecule has 16 heavy (non-hydrogen) atoms. The van der Waals surface area contributed by atoms with Gasteiger partial charge < -0.3 is 10.3 Å². The predicted molar refractivity (Wildman–Crippen MR) is 73.0 cm³/mol. The number of nitrogens with two attached hydrogens (primary N) is 1. The lowest BCUT2D eigenvalue weighted by Crippen LogP contribution is -2.17. The van der Waals surface area contributed by atoms with Crippen LogP contribution in [-0.4, -0.2) is 21.6 Å². The van der Waals surface area contributed by atoms with Crippen LogP contribution in [-0.2, 0) is 18.9 Å². The Morgan fingerprint density at radius 3 is 2.44 bits per heavy atom. The Hall–Kier alpha value is -0.640. The van der Waals surface area contributed by atoms with Crippen molar-refractivity contribution < 1.29 is 0 Å². The summed E-state index contributed by atoms with van der Waals surface area (Å²) in [4.78, 5) is 4.68. The van der Waals surface area contributed by atoms with Gasteiger partial charge in [-0.15, -0.1) is 0 Å². The largest absolute Gasteiger partial charge is 0.384 e. The van der Waals surface area contributed by atoms with E-state index in [1.165, 1.54) is 5.75 Å². The molecule has 1 heterocycles. The minimum absolute atomic E-state index is 0.0562. The number of rotatable bonds is 4. The van der Waals surface area contributed by atoms with Crippen molar-refractivity contribution in [2.45, 2.75) is 39.0 Å². The normalized spacial score (nSPS) is 12.1. The molecule has 0 amide bonds. The molecule has 0 radical (unpaired) electrons. The number of hydrogen-bond acceptors (Lipinski definition) is 3. The standard InChI is InChI=1S/C12H23N3S/c1-12(2,3)11-14-9(7-6-8-16-5)10(13)15(11)4/h6-8,13H2,1-5H3. The quantitative estimate of drug-likeness (QED) is 0.824. The van der Waals surface area contributed by atoms with Crippen molar-refractivity contribution >= 4 is 17.6 Å². The van der Waals surface area contributed by atoms with Gasteiger partial charge in [-0.25, -0.2) is 4.98 Å². The maximum Gasteiger partial charge on any atom is 0.126 e. The van der Waals surface area contributed by atoms with Gasteiger partial charge in [0, 0.05) is 12.5 Å². The average molecular weight is 241 g/mol. The minimum atomic E-state index is 0.0562. The fourth-order valence-electron chi connectivity index (χ4n) is 1.81. The highest BCUT2D eigenvalue weighted by atomic mass is 32.2. The molecule has 2 N–H and O–H groups in total. The third-order valence-corrected chi connectivity index (χ3v) is 3.35. The maximum atomic E-state index is 6.08. The molecule has 0 atom stereocenters. The van der Waals surface area contributed by atoms with E-state index in [2.05, 4.69) is 32.0 Å². The Bertz CT molecular complexity index is 350. The van der Waals surface area contributed by atoms with Crippen LogP contribution in [0.25, 0.3) is 0 Å². The Balaban J connectivity index is 2.88. The van der Waals surface area contributed by atoms with Crippen molar-refractivity contribution in [1.82, 2.24) is 9.55 Å². The van der Waals surface area contributed by atoms with Crippen molar-refractivity contribution in [2.75, 3.05) is 17.7 Å². The molecule has 1 aromatic rings. The highest BCUT2D eigenvalue weighted by Crippen LogP contribution is 2.25. The summed E-state index contributed by atoms with van der Waals surface area (Å²) in [6.45, 7) is 6.50. The van der Waals surface area contributed by atoms with Gasteiger partial charge in [-0.1, -0.05) is 20.8 Å². The van der Waals surface area contributed by atoms with Crippen LogP contribution in [0.1, 0.15) is 38.7 Å². The molecule has 0 spiro atoms. The summed E-state index contributed by atoms with van der Waals surface area (Å²) in [5.41, 5.74) is 7.19. The van der Waals surface area contributed by atoms with Crippen LogP contribution < -0.4 is 5.73 Å². The SMILES string of the molecule is CSCCCc1nc(C(C)(C)C)n(C)c1N. The average Bonchev–Trinajstić information content (AvgIpc) is 2.45. The Morgan fingerprint density at radius 2 is 2.00 bits per heavy atom. The van der Waals surface area contributed by atoms with E-state index in [9.17, 15) is 0 Å². The molecule has 0 aliphatic heterocycles. The molecular formula is C12H23N3S. The third-order valence-electron chi connectivity index (χ3n) is 2.65. The van der Waals surface area contributed by atoms with Gasteiger partial charge in [-0.05, 0) is 24.9 Å². The van der Waals surface area contributed by atoms with E-state index < -0.39 is 0 Å². The van der Waals surface area contributed by atoms with E-state index in [4.69, 9.17) is 5.73 Å². The van der Waals surface area contributed by atoms with E-state index in [0.29, 0.717) is 0 Å². The smallest absolute Gasteiger partial charge is 0.126 e. The van der Waals surface area contributed by atoms with Crippen LogP contribution in [0.15, 0.2) is 0 Å². The van der Waals surface area contributed by atoms with Crippen molar-refractivity contribution in [3.05, 3.63) is 11.5 Å². The second-order valence-corrected chi connectivity index (χ2v) is 6.16. The number of anilines is 1. The molecule has 0 aromatic carbocycles. The van der Waals surface area contributed by atoms with Crippen molar-refractivity contribution in [3.63, 3.8) is 0 Å². The maximum absolute atomic E-state index is 6.08. The first-order chi connectivity index (χ1) is 7.38. The molecule has 0 fully saturated rings. The number of aromatic nitrogens is 2. The highest BCUT2D eigenvalue weighted by molar-refractivity contribution is 7.98. The molecule has 0 saturated heterocycles. The first kappa shape index (κ1) is 13.4. The molecule has 0 aliphatic carbocycles. The molecule has 0 bridgehead atoms. The van der Waals surface area contributed by atoms with E-state index in [0.717, 1.165) is 30.2 Å². The summed E-state index contributed by atoms with van der Waals surface area (Å²) >= 11 is 1.87. The first-order valence-corrected chi connectivity index (χ1v) is 7.07. The molecule has 3 nitrogen and oxygen atoms in total. The van der Waals surface area contributed by atoms with Crippen LogP contribution in [0, 0.1) is 0 Å². The zero-order valence-corrected chi connectivity index (χ0v) is 11.8. The number of hydrogen-bond donors (Lipinski definition) is 1. The second-order valence-electron chi connectivity index (χ2n) is 5.17. The third kappa shape index (κ3) is 2.94. The summed E-state index contributed by atoms with van der Waals surface area (Å²) in [6, 6.07) is 0. The molecule has 4 heteroatoms. The molecule has 92 valence electrons. The van der Waals surface area contributed by atoms with Gasteiger partial charge in [0.25, 0.3) is 0 Å². The number of thioether (sulfide) groups is 1. The second kappa shape index (κ2) is 5.13. The van der Waals surface area contributed by atoms with Crippen LogP contribution >= 0.6 is 11.8 Å². The first-order valence-electron chi connectivity index (χ1n) is 5.68. The highest BCUT2D eigenvalue weighted by Gasteiger charge is 2.22. The van der Waals surface area contributed by atoms with Crippen molar-refractivity contribution in [3.8, 4) is 0 Å². The number of imidazole rings is 1. The van der Waals surface area contributed by atoms with Gasteiger partial charge in [0.1, 0.15) is 11.6 Å². The Labute approximate surface area is 103 Å². The summed E-state index contributed by atoms with van der Waals surface area (Å²) in [5.74, 6) is 3.07. The zero-order valence-electron chi connectivity index (χ0n) is 11.0. The fraction of sp³-hybridized carbons (Fsp3) is 0.750. The molecule has 0 unspecified atom stereocenters. The van der Waals surface area contributed by atoms with Gasteiger partial charge >= 0.3 is 0 Å². The van der Waals surface area contributed by atoms with Gasteiger partial charge in [0.2, 0.25) is 0 Å². The number of aryl methyl sites for hydroxylation is 1. The van der Waals surface area contributed by atoms with E-state index in [1.54, 1.807) is 0 Å². The van der Waals surface area contributed by atoms with Crippen LogP contribution in [0.3, 0.4) is 0 Å².